The smallest absolute Gasteiger partial charge is 0.328 e. The largest absolute Gasteiger partial charge is 0.477 e. The van der Waals surface area contributed by atoms with Crippen molar-refractivity contribution in [2.45, 2.75) is 30.5 Å². The zero-order chi connectivity index (χ0) is 19.7. The summed E-state index contributed by atoms with van der Waals surface area (Å²) in [6.07, 6.45) is 0.676. The molecule has 0 spiro atoms. The average Bonchev–Trinajstić information content (AvgIpc) is 3.47. The number of carbonyl (C=O) groups is 2. The number of amides is 1. The van der Waals surface area contributed by atoms with Crippen molar-refractivity contribution in [1.29, 1.82) is 0 Å². The summed E-state index contributed by atoms with van der Waals surface area (Å²) in [5.74, 6) is -0.817. The Hall–Kier alpha value is -3.22. The van der Waals surface area contributed by atoms with Crippen LogP contribution in [0.4, 0.5) is 0 Å². The van der Waals surface area contributed by atoms with Gasteiger partial charge in [-0.05, 0) is 11.6 Å². The van der Waals surface area contributed by atoms with E-state index in [0.29, 0.717) is 24.2 Å². The van der Waals surface area contributed by atoms with Crippen LogP contribution in [0.3, 0.4) is 0 Å². The van der Waals surface area contributed by atoms with Crippen LogP contribution in [-0.4, -0.2) is 30.6 Å². The number of rotatable bonds is 6. The second kappa shape index (κ2) is 7.07. The number of carbonyl (C=O) groups excluding carboxylic acids is 2. The number of fused-ring (bicyclic) bond motifs is 2. The number of nitrogens with one attached hydrogen (secondary N) is 1. The van der Waals surface area contributed by atoms with Crippen LogP contribution in [0.15, 0.2) is 59.8 Å². The Morgan fingerprint density at radius 2 is 1.93 bits per heavy atom. The number of nitroso groups, excluding NO2 is 1. The van der Waals surface area contributed by atoms with Gasteiger partial charge in [-0.2, -0.15) is 4.91 Å². The Morgan fingerprint density at radius 1 is 1.21 bits per heavy atom. The van der Waals surface area contributed by atoms with E-state index < -0.39 is 29.6 Å². The highest BCUT2D eigenvalue weighted by Crippen LogP contribution is 2.60. The summed E-state index contributed by atoms with van der Waals surface area (Å²) in [4.78, 5) is 36.7. The van der Waals surface area contributed by atoms with Crippen LogP contribution in [0.25, 0.3) is 0 Å². The second-order valence-electron chi connectivity index (χ2n) is 7.13. The molecule has 0 saturated heterocycles. The monoisotopic (exact) mass is 380 g/mol. The number of esters is 1. The molecule has 1 amide bonds. The molecule has 1 saturated carbocycles. The highest BCUT2D eigenvalue weighted by molar-refractivity contribution is 5.93. The van der Waals surface area contributed by atoms with Crippen molar-refractivity contribution < 1.29 is 19.1 Å². The maximum Gasteiger partial charge on any atom is 0.328 e. The first-order valence-corrected chi connectivity index (χ1v) is 9.12. The average molecular weight is 380 g/mol. The maximum absolute atomic E-state index is 13.1. The lowest BCUT2D eigenvalue weighted by atomic mass is 9.96. The van der Waals surface area contributed by atoms with Crippen molar-refractivity contribution in [3.63, 3.8) is 0 Å². The van der Waals surface area contributed by atoms with Crippen molar-refractivity contribution in [2.24, 2.45) is 11.1 Å². The zero-order valence-electron chi connectivity index (χ0n) is 15.3. The van der Waals surface area contributed by atoms with Crippen molar-refractivity contribution in [3.05, 3.63) is 70.6 Å². The van der Waals surface area contributed by atoms with Gasteiger partial charge < -0.3 is 14.8 Å². The summed E-state index contributed by atoms with van der Waals surface area (Å²) < 4.78 is 10.8. The number of hydrogen-bond acceptors (Lipinski definition) is 6. The van der Waals surface area contributed by atoms with Gasteiger partial charge in [-0.15, -0.1) is 0 Å². The van der Waals surface area contributed by atoms with Gasteiger partial charge in [0.15, 0.2) is 5.60 Å². The van der Waals surface area contributed by atoms with Crippen molar-refractivity contribution >= 4 is 11.9 Å². The molecule has 7 nitrogen and oxygen atoms in total. The summed E-state index contributed by atoms with van der Waals surface area (Å²) >= 11 is 0. The number of ether oxygens (including phenoxy) is 2. The van der Waals surface area contributed by atoms with E-state index in [2.05, 4.69) is 10.5 Å². The first-order chi connectivity index (χ1) is 13.6. The van der Waals surface area contributed by atoms with E-state index in [-0.39, 0.29) is 5.92 Å². The third-order valence-corrected chi connectivity index (χ3v) is 5.44. The van der Waals surface area contributed by atoms with Crippen LogP contribution in [-0.2, 0) is 20.7 Å². The van der Waals surface area contributed by atoms with Crippen molar-refractivity contribution in [1.82, 2.24) is 5.32 Å². The summed E-state index contributed by atoms with van der Waals surface area (Å²) in [6.45, 7) is 0. The molecule has 0 bridgehead atoms. The topological polar surface area (TPSA) is 94.1 Å². The van der Waals surface area contributed by atoms with Gasteiger partial charge in [-0.25, -0.2) is 4.79 Å². The van der Waals surface area contributed by atoms with Crippen molar-refractivity contribution in [3.8, 4) is 5.75 Å². The van der Waals surface area contributed by atoms with Crippen LogP contribution >= 0.6 is 0 Å². The molecule has 144 valence electrons. The Morgan fingerprint density at radius 3 is 2.64 bits per heavy atom. The minimum Gasteiger partial charge on any atom is -0.477 e. The minimum absolute atomic E-state index is 0.298. The van der Waals surface area contributed by atoms with Gasteiger partial charge in [0.2, 0.25) is 0 Å². The molecule has 4 rings (SSSR count). The third-order valence-electron chi connectivity index (χ3n) is 5.44. The van der Waals surface area contributed by atoms with Gasteiger partial charge in [0.25, 0.3) is 5.91 Å². The zero-order valence-corrected chi connectivity index (χ0v) is 15.3. The van der Waals surface area contributed by atoms with Crippen LogP contribution in [0.1, 0.15) is 23.6 Å². The quantitative estimate of drug-likeness (QED) is 0.614. The van der Waals surface area contributed by atoms with Gasteiger partial charge in [-0.3, -0.25) is 4.79 Å². The lowest BCUT2D eigenvalue weighted by molar-refractivity contribution is -0.146. The summed E-state index contributed by atoms with van der Waals surface area (Å²) in [6, 6.07) is 15.0. The van der Waals surface area contributed by atoms with E-state index in [1.54, 1.807) is 18.2 Å². The van der Waals surface area contributed by atoms with Crippen LogP contribution < -0.4 is 10.1 Å². The van der Waals surface area contributed by atoms with E-state index >= 15 is 0 Å². The first kappa shape index (κ1) is 18.2. The Labute approximate surface area is 162 Å². The molecule has 4 atom stereocenters. The van der Waals surface area contributed by atoms with Gasteiger partial charge in [0, 0.05) is 24.3 Å². The fraction of sp³-hybridized carbons (Fsp3) is 0.333. The molecule has 0 radical (unpaired) electrons. The van der Waals surface area contributed by atoms with Crippen molar-refractivity contribution in [2.75, 3.05) is 7.11 Å². The highest BCUT2D eigenvalue weighted by Gasteiger charge is 2.69. The lowest BCUT2D eigenvalue weighted by Gasteiger charge is -2.29. The van der Waals surface area contributed by atoms with E-state index in [9.17, 15) is 14.5 Å². The molecule has 3 unspecified atom stereocenters. The van der Waals surface area contributed by atoms with Gasteiger partial charge >= 0.3 is 5.97 Å². The molecule has 2 aromatic rings. The first-order valence-electron chi connectivity index (χ1n) is 9.12. The number of hydrogen-bond donors (Lipinski definition) is 1. The van der Waals surface area contributed by atoms with E-state index in [0.717, 1.165) is 5.56 Å². The maximum atomic E-state index is 13.1. The second-order valence-corrected chi connectivity index (χ2v) is 7.13. The normalized spacial score (nSPS) is 25.3. The molecule has 1 heterocycles. The summed E-state index contributed by atoms with van der Waals surface area (Å²) in [5.41, 5.74) is 0.415. The molecule has 1 aliphatic carbocycles. The molecular formula is C21H20N2O5. The van der Waals surface area contributed by atoms with Gasteiger partial charge in [-0.1, -0.05) is 53.7 Å². The molecule has 2 aliphatic rings. The highest BCUT2D eigenvalue weighted by atomic mass is 16.5. The van der Waals surface area contributed by atoms with Crippen LogP contribution in [0.2, 0.25) is 0 Å². The van der Waals surface area contributed by atoms with E-state index in [1.165, 1.54) is 7.11 Å². The summed E-state index contributed by atoms with van der Waals surface area (Å²) in [5, 5.41) is 6.00. The Bertz CT molecular complexity index is 916. The fourth-order valence-electron chi connectivity index (χ4n) is 3.89. The predicted octanol–water partition coefficient (Wildman–Crippen LogP) is 2.55. The number of nitrogens with zero attached hydrogens (tertiary/aromatic N) is 1. The molecule has 2 aromatic carbocycles. The number of benzene rings is 2. The standard InChI is InChI=1S/C21H20N2O5/c1-27-19(24)16(11-13-7-3-2-4-8-13)22-20(25)21-12-15(21)18(23-26)14-9-5-6-10-17(14)28-21/h2-10,15-16,18H,11-12H2,1H3,(H,22,25)/t15?,16-,18?,21?/m0/s1. The van der Waals surface area contributed by atoms with Crippen LogP contribution in [0, 0.1) is 10.8 Å². The molecular weight excluding hydrogens is 360 g/mol. The van der Waals surface area contributed by atoms with E-state index in [1.807, 2.05) is 36.4 Å². The number of para-hydroxylation sites is 1. The molecule has 1 N–H and O–H groups in total. The van der Waals surface area contributed by atoms with Crippen LogP contribution in [0.5, 0.6) is 5.75 Å². The predicted molar refractivity (Wildman–Crippen MR) is 101 cm³/mol. The SMILES string of the molecule is COC(=O)[C@H](Cc1ccccc1)NC(=O)C12CC1C(N=O)c1ccccc1O2. The Balaban J connectivity index is 1.55. The van der Waals surface area contributed by atoms with Gasteiger partial charge in [0.05, 0.1) is 7.11 Å². The molecule has 7 heteroatoms. The molecule has 1 fully saturated rings. The fourth-order valence-corrected chi connectivity index (χ4v) is 3.89. The molecule has 28 heavy (non-hydrogen) atoms. The van der Waals surface area contributed by atoms with Gasteiger partial charge in [0.1, 0.15) is 17.8 Å². The number of methoxy groups -OCH3 is 1. The van der Waals surface area contributed by atoms with E-state index in [4.69, 9.17) is 9.47 Å². The Kier molecular flexibility index (Phi) is 4.58. The summed E-state index contributed by atoms with van der Waals surface area (Å²) in [7, 11) is 1.28. The minimum atomic E-state index is -1.17. The molecule has 0 aromatic heterocycles. The molecule has 1 aliphatic heterocycles. The third kappa shape index (κ3) is 3.02. The lowest BCUT2D eigenvalue weighted by Crippen LogP contribution is -2.51.